The second-order valence-corrected chi connectivity index (χ2v) is 7.78. The van der Waals surface area contributed by atoms with Crippen LogP contribution in [-0.4, -0.2) is 21.6 Å². The minimum absolute atomic E-state index is 0.402. The van der Waals surface area contributed by atoms with Gasteiger partial charge in [0.1, 0.15) is 11.6 Å². The molecule has 1 unspecified atom stereocenters. The summed E-state index contributed by atoms with van der Waals surface area (Å²) in [4.78, 5) is 12.4. The third-order valence-electron chi connectivity index (χ3n) is 5.58. The smallest absolute Gasteiger partial charge is 0.177 e. The number of aromatic nitrogens is 3. The predicted molar refractivity (Wildman–Crippen MR) is 105 cm³/mol. The summed E-state index contributed by atoms with van der Waals surface area (Å²) < 4.78 is 5.94. The molecule has 4 rings (SSSR count). The lowest BCUT2D eigenvalue weighted by atomic mass is 9.76. The number of nitrogens with zero attached hydrogens (tertiary/aromatic N) is 2. The Hall–Kier alpha value is -2.07. The van der Waals surface area contributed by atoms with E-state index in [1.165, 1.54) is 25.7 Å². The van der Waals surface area contributed by atoms with E-state index < -0.39 is 0 Å². The van der Waals surface area contributed by atoms with Gasteiger partial charge in [0.25, 0.3) is 0 Å². The molecule has 0 saturated heterocycles. The van der Waals surface area contributed by atoms with E-state index in [0.29, 0.717) is 22.8 Å². The van der Waals surface area contributed by atoms with Gasteiger partial charge in [0.05, 0.1) is 17.1 Å². The molecule has 1 aromatic carbocycles. The highest BCUT2D eigenvalue weighted by Crippen LogP contribution is 2.37. The van der Waals surface area contributed by atoms with Gasteiger partial charge >= 0.3 is 0 Å². The summed E-state index contributed by atoms with van der Waals surface area (Å²) in [5.74, 6) is 3.70. The van der Waals surface area contributed by atoms with E-state index in [9.17, 15) is 0 Å². The molecule has 2 heterocycles. The zero-order valence-electron chi connectivity index (χ0n) is 15.0. The topological polar surface area (TPSA) is 50.8 Å². The van der Waals surface area contributed by atoms with Crippen LogP contribution in [0, 0.1) is 11.8 Å². The number of hydrogen-bond acceptors (Lipinski definition) is 3. The Balaban J connectivity index is 1.33. The number of ether oxygens (including phenoxy) is 1. The number of imidazole rings is 1. The summed E-state index contributed by atoms with van der Waals surface area (Å²) in [5.41, 5.74) is 1.67. The maximum atomic E-state index is 6.02. The third kappa shape index (κ3) is 3.85. The average Bonchev–Trinajstić information content (AvgIpc) is 3.10. The van der Waals surface area contributed by atoms with Crippen LogP contribution in [0.25, 0.3) is 11.2 Å². The van der Waals surface area contributed by atoms with Gasteiger partial charge in [-0.2, -0.15) is 0 Å². The Morgan fingerprint density at radius 3 is 2.73 bits per heavy atom. The van der Waals surface area contributed by atoms with Crippen molar-refractivity contribution in [1.82, 2.24) is 15.0 Å². The van der Waals surface area contributed by atoms with E-state index in [1.54, 1.807) is 6.20 Å². The Bertz CT molecular complexity index is 856. The number of pyridine rings is 1. The van der Waals surface area contributed by atoms with Gasteiger partial charge in [0.15, 0.2) is 5.65 Å². The number of fused-ring (bicyclic) bond motifs is 1. The minimum Gasteiger partial charge on any atom is -0.493 e. The molecule has 1 aliphatic rings. The summed E-state index contributed by atoms with van der Waals surface area (Å²) in [6, 6.07) is 12.0. The molecule has 5 heteroatoms. The van der Waals surface area contributed by atoms with Gasteiger partial charge in [0.2, 0.25) is 0 Å². The van der Waals surface area contributed by atoms with Crippen molar-refractivity contribution in [2.45, 2.75) is 38.5 Å². The first-order valence-electron chi connectivity index (χ1n) is 9.38. The molecule has 1 fully saturated rings. The molecule has 3 aromatic rings. The maximum Gasteiger partial charge on any atom is 0.177 e. The predicted octanol–water partition coefficient (Wildman–Crippen LogP) is 5.60. The molecule has 0 amide bonds. The molecule has 0 bridgehead atoms. The molecule has 26 heavy (non-hydrogen) atoms. The highest BCUT2D eigenvalue weighted by molar-refractivity contribution is 6.31. The highest BCUT2D eigenvalue weighted by atomic mass is 35.5. The van der Waals surface area contributed by atoms with Crippen LogP contribution in [0.15, 0.2) is 42.6 Å². The normalized spacial score (nSPS) is 21.6. The second-order valence-electron chi connectivity index (χ2n) is 7.34. The van der Waals surface area contributed by atoms with Crippen molar-refractivity contribution in [3.8, 4) is 5.75 Å². The average molecular weight is 370 g/mol. The monoisotopic (exact) mass is 369 g/mol. The van der Waals surface area contributed by atoms with Crippen LogP contribution >= 0.6 is 11.6 Å². The van der Waals surface area contributed by atoms with Crippen LogP contribution in [0.2, 0.25) is 5.02 Å². The lowest BCUT2D eigenvalue weighted by Crippen LogP contribution is -2.23. The van der Waals surface area contributed by atoms with Crippen molar-refractivity contribution < 1.29 is 4.74 Å². The Kier molecular flexibility index (Phi) is 5.11. The molecule has 0 spiro atoms. The van der Waals surface area contributed by atoms with Gasteiger partial charge < -0.3 is 9.72 Å². The lowest BCUT2D eigenvalue weighted by molar-refractivity contribution is 0.172. The van der Waals surface area contributed by atoms with E-state index in [2.05, 4.69) is 21.9 Å². The zero-order valence-corrected chi connectivity index (χ0v) is 15.7. The van der Waals surface area contributed by atoms with Gasteiger partial charge in [-0.05, 0) is 55.7 Å². The summed E-state index contributed by atoms with van der Waals surface area (Å²) in [7, 11) is 0. The number of para-hydroxylation sites is 1. The molecule has 1 N–H and O–H groups in total. The molecule has 136 valence electrons. The van der Waals surface area contributed by atoms with Crippen LogP contribution in [-0.2, 0) is 0 Å². The molecule has 1 atom stereocenters. The van der Waals surface area contributed by atoms with Crippen LogP contribution in [0.1, 0.15) is 44.3 Å². The fourth-order valence-electron chi connectivity index (χ4n) is 3.92. The fourth-order valence-corrected chi connectivity index (χ4v) is 4.08. The number of benzene rings is 1. The van der Waals surface area contributed by atoms with Crippen LogP contribution < -0.4 is 4.74 Å². The van der Waals surface area contributed by atoms with Crippen molar-refractivity contribution >= 4 is 22.8 Å². The van der Waals surface area contributed by atoms with Crippen molar-refractivity contribution in [2.75, 3.05) is 6.61 Å². The third-order valence-corrected chi connectivity index (χ3v) is 5.79. The number of rotatable bonds is 5. The van der Waals surface area contributed by atoms with E-state index in [-0.39, 0.29) is 0 Å². The zero-order chi connectivity index (χ0) is 17.9. The minimum atomic E-state index is 0.402. The molecule has 4 nitrogen and oxygen atoms in total. The van der Waals surface area contributed by atoms with E-state index in [0.717, 1.165) is 29.3 Å². The van der Waals surface area contributed by atoms with Crippen LogP contribution in [0.5, 0.6) is 5.75 Å². The first kappa shape index (κ1) is 17.3. The number of H-pyrrole nitrogens is 1. The van der Waals surface area contributed by atoms with E-state index >= 15 is 0 Å². The van der Waals surface area contributed by atoms with Gasteiger partial charge in [0, 0.05) is 12.1 Å². The summed E-state index contributed by atoms with van der Waals surface area (Å²) in [5, 5.41) is 0.638. The summed E-state index contributed by atoms with van der Waals surface area (Å²) >= 11 is 6.02. The number of aromatic amines is 1. The first-order chi connectivity index (χ1) is 12.7. The molecular weight excluding hydrogens is 346 g/mol. The van der Waals surface area contributed by atoms with Gasteiger partial charge in [-0.1, -0.05) is 36.7 Å². The van der Waals surface area contributed by atoms with Crippen LogP contribution in [0.3, 0.4) is 0 Å². The molecule has 2 aromatic heterocycles. The van der Waals surface area contributed by atoms with Crippen molar-refractivity contribution in [1.29, 1.82) is 0 Å². The maximum absolute atomic E-state index is 6.02. The van der Waals surface area contributed by atoms with E-state index in [4.69, 9.17) is 16.3 Å². The fraction of sp³-hybridized carbons (Fsp3) is 0.429. The van der Waals surface area contributed by atoms with Gasteiger partial charge in [-0.3, -0.25) is 0 Å². The number of halogens is 1. The van der Waals surface area contributed by atoms with Crippen molar-refractivity contribution in [3.05, 3.63) is 53.4 Å². The molecule has 0 aliphatic heterocycles. The van der Waals surface area contributed by atoms with Gasteiger partial charge in [-0.15, -0.1) is 0 Å². The standard InChI is InChI=1S/C21H24ClN3O/c1-14(20-24-19-11-17(22)12-23-21(19)25-20)16-9-7-15(8-10-16)13-26-18-5-3-2-4-6-18/h2-6,11-12,14-16H,7-10,13H2,1H3,(H,23,24,25). The van der Waals surface area contributed by atoms with Crippen molar-refractivity contribution in [3.63, 3.8) is 0 Å². The highest BCUT2D eigenvalue weighted by Gasteiger charge is 2.28. The molecule has 1 saturated carbocycles. The number of hydrogen-bond donors (Lipinski definition) is 1. The summed E-state index contributed by atoms with van der Waals surface area (Å²) in [6.45, 7) is 3.09. The Labute approximate surface area is 159 Å². The molecular formula is C21H24ClN3O. The SMILES string of the molecule is CC(c1nc2ncc(Cl)cc2[nH]1)C1CCC(COc2ccccc2)CC1. The first-order valence-corrected chi connectivity index (χ1v) is 9.76. The summed E-state index contributed by atoms with van der Waals surface area (Å²) in [6.07, 6.45) is 6.51. The quantitative estimate of drug-likeness (QED) is 0.636. The van der Waals surface area contributed by atoms with Gasteiger partial charge in [-0.25, -0.2) is 9.97 Å². The lowest BCUT2D eigenvalue weighted by Gasteiger charge is -2.31. The Morgan fingerprint density at radius 1 is 1.19 bits per heavy atom. The van der Waals surface area contributed by atoms with E-state index in [1.807, 2.05) is 36.4 Å². The largest absolute Gasteiger partial charge is 0.493 e. The molecule has 0 radical (unpaired) electrons. The number of nitrogens with one attached hydrogen (secondary N) is 1. The Morgan fingerprint density at radius 2 is 1.96 bits per heavy atom. The second kappa shape index (κ2) is 7.67. The van der Waals surface area contributed by atoms with Crippen LogP contribution in [0.4, 0.5) is 0 Å². The van der Waals surface area contributed by atoms with Crippen molar-refractivity contribution in [2.24, 2.45) is 11.8 Å². The molecule has 1 aliphatic carbocycles.